The maximum atomic E-state index is 13.1. The van der Waals surface area contributed by atoms with E-state index in [0.29, 0.717) is 17.1 Å². The van der Waals surface area contributed by atoms with Gasteiger partial charge in [0.25, 0.3) is 0 Å². The van der Waals surface area contributed by atoms with Crippen LogP contribution in [-0.4, -0.2) is 12.2 Å². The molecule has 0 aliphatic heterocycles. The molecule has 17 heavy (non-hydrogen) atoms. The normalized spacial score (nSPS) is 10.0. The predicted octanol–water partition coefficient (Wildman–Crippen LogP) is 3.28. The van der Waals surface area contributed by atoms with Crippen LogP contribution in [0, 0.1) is 5.82 Å². The van der Waals surface area contributed by atoms with Crippen LogP contribution in [-0.2, 0) is 0 Å². The number of hydrogen-bond acceptors (Lipinski definition) is 3. The summed E-state index contributed by atoms with van der Waals surface area (Å²) >= 11 is 0. The van der Waals surface area contributed by atoms with Gasteiger partial charge < -0.3 is 15.2 Å². The predicted molar refractivity (Wildman–Crippen MR) is 64.3 cm³/mol. The number of anilines is 2. The van der Waals surface area contributed by atoms with Crippen LogP contribution in [0.2, 0.25) is 0 Å². The zero-order chi connectivity index (χ0) is 12.3. The van der Waals surface area contributed by atoms with E-state index in [2.05, 4.69) is 5.32 Å². The number of benzene rings is 2. The molecule has 0 saturated carbocycles. The van der Waals surface area contributed by atoms with Crippen LogP contribution in [0.3, 0.4) is 0 Å². The summed E-state index contributed by atoms with van der Waals surface area (Å²) in [6.45, 7) is 0. The summed E-state index contributed by atoms with van der Waals surface area (Å²) in [5, 5.41) is 12.3. The zero-order valence-corrected chi connectivity index (χ0v) is 9.27. The lowest BCUT2D eigenvalue weighted by Crippen LogP contribution is -1.95. The van der Waals surface area contributed by atoms with E-state index in [0.717, 1.165) is 0 Å². The number of rotatable bonds is 3. The second-order valence-corrected chi connectivity index (χ2v) is 3.52. The van der Waals surface area contributed by atoms with Crippen molar-refractivity contribution in [3.05, 3.63) is 48.3 Å². The molecule has 0 aliphatic rings. The molecule has 0 spiro atoms. The fraction of sp³-hybridized carbons (Fsp3) is 0.0769. The van der Waals surface area contributed by atoms with Gasteiger partial charge in [-0.25, -0.2) is 4.39 Å². The summed E-state index contributed by atoms with van der Waals surface area (Å²) in [4.78, 5) is 0. The topological polar surface area (TPSA) is 41.5 Å². The Kier molecular flexibility index (Phi) is 3.14. The van der Waals surface area contributed by atoms with Crippen LogP contribution in [0.15, 0.2) is 42.5 Å². The Labute approximate surface area is 98.5 Å². The number of nitrogens with one attached hydrogen (secondary N) is 1. The summed E-state index contributed by atoms with van der Waals surface area (Å²) in [5.41, 5.74) is 1.17. The second-order valence-electron chi connectivity index (χ2n) is 3.52. The molecule has 4 heteroatoms. The highest BCUT2D eigenvalue weighted by molar-refractivity contribution is 5.67. The molecule has 2 aromatic rings. The lowest BCUT2D eigenvalue weighted by Gasteiger charge is -2.11. The summed E-state index contributed by atoms with van der Waals surface area (Å²) in [6, 6.07) is 10.8. The molecular formula is C13H12FNO2. The Balaban J connectivity index is 2.32. The molecule has 0 amide bonds. The summed E-state index contributed by atoms with van der Waals surface area (Å²) in [7, 11) is 1.51. The first-order chi connectivity index (χ1) is 8.19. The van der Waals surface area contributed by atoms with Gasteiger partial charge in [0.2, 0.25) is 0 Å². The third-order valence-electron chi connectivity index (χ3n) is 2.29. The minimum Gasteiger partial charge on any atom is -0.508 e. The Bertz CT molecular complexity index is 529. The first-order valence-electron chi connectivity index (χ1n) is 5.08. The summed E-state index contributed by atoms with van der Waals surface area (Å²) in [6.07, 6.45) is 0. The Morgan fingerprint density at radius 3 is 2.71 bits per heavy atom. The van der Waals surface area contributed by atoms with Gasteiger partial charge in [-0.1, -0.05) is 6.07 Å². The molecule has 0 fully saturated rings. The SMILES string of the molecule is COc1ccc(F)cc1Nc1cccc(O)c1. The number of methoxy groups -OCH3 is 1. The molecule has 0 radical (unpaired) electrons. The van der Waals surface area contributed by atoms with Gasteiger partial charge in [-0.2, -0.15) is 0 Å². The monoisotopic (exact) mass is 233 g/mol. The van der Waals surface area contributed by atoms with E-state index in [-0.39, 0.29) is 11.6 Å². The van der Waals surface area contributed by atoms with Crippen molar-refractivity contribution in [1.29, 1.82) is 0 Å². The van der Waals surface area contributed by atoms with Gasteiger partial charge in [-0.15, -0.1) is 0 Å². The standard InChI is InChI=1S/C13H12FNO2/c1-17-13-6-5-9(14)7-12(13)15-10-3-2-4-11(16)8-10/h2-8,15-16H,1H3. The molecule has 2 N–H and O–H groups in total. The number of halogens is 1. The third kappa shape index (κ3) is 2.66. The van der Waals surface area contributed by atoms with Gasteiger partial charge in [-0.3, -0.25) is 0 Å². The van der Waals surface area contributed by atoms with Gasteiger partial charge >= 0.3 is 0 Å². The van der Waals surface area contributed by atoms with E-state index in [1.165, 1.54) is 19.2 Å². The zero-order valence-electron chi connectivity index (χ0n) is 9.27. The molecule has 2 aromatic carbocycles. The van der Waals surface area contributed by atoms with Crippen molar-refractivity contribution in [2.45, 2.75) is 0 Å². The number of aromatic hydroxyl groups is 1. The van der Waals surface area contributed by atoms with E-state index in [4.69, 9.17) is 4.74 Å². The molecule has 0 heterocycles. The van der Waals surface area contributed by atoms with Crippen molar-refractivity contribution < 1.29 is 14.2 Å². The van der Waals surface area contributed by atoms with E-state index in [1.54, 1.807) is 30.3 Å². The minimum atomic E-state index is -0.353. The molecule has 0 bridgehead atoms. The summed E-state index contributed by atoms with van der Waals surface area (Å²) in [5.74, 6) is 0.327. The molecule has 88 valence electrons. The number of phenols is 1. The number of hydrogen-bond donors (Lipinski definition) is 2. The quantitative estimate of drug-likeness (QED) is 0.854. The van der Waals surface area contributed by atoms with Crippen molar-refractivity contribution in [2.24, 2.45) is 0 Å². The first-order valence-corrected chi connectivity index (χ1v) is 5.08. The van der Waals surface area contributed by atoms with E-state index in [1.807, 2.05) is 0 Å². The smallest absolute Gasteiger partial charge is 0.142 e. The number of ether oxygens (including phenoxy) is 1. The number of phenolic OH excluding ortho intramolecular Hbond substituents is 1. The maximum absolute atomic E-state index is 13.1. The highest BCUT2D eigenvalue weighted by atomic mass is 19.1. The minimum absolute atomic E-state index is 0.144. The molecule has 0 atom stereocenters. The maximum Gasteiger partial charge on any atom is 0.142 e. The van der Waals surface area contributed by atoms with Crippen LogP contribution in [0.1, 0.15) is 0 Å². The van der Waals surface area contributed by atoms with Crippen LogP contribution in [0.4, 0.5) is 15.8 Å². The average Bonchev–Trinajstić information content (AvgIpc) is 2.29. The average molecular weight is 233 g/mol. The van der Waals surface area contributed by atoms with Gasteiger partial charge in [0.1, 0.15) is 17.3 Å². The van der Waals surface area contributed by atoms with Crippen LogP contribution >= 0.6 is 0 Å². The molecule has 3 nitrogen and oxygen atoms in total. The van der Waals surface area contributed by atoms with Crippen molar-refractivity contribution in [1.82, 2.24) is 0 Å². The van der Waals surface area contributed by atoms with Gasteiger partial charge in [0.05, 0.1) is 12.8 Å². The van der Waals surface area contributed by atoms with Crippen molar-refractivity contribution in [3.63, 3.8) is 0 Å². The van der Waals surface area contributed by atoms with Crippen molar-refractivity contribution in [2.75, 3.05) is 12.4 Å². The molecule has 0 aromatic heterocycles. The van der Waals surface area contributed by atoms with Gasteiger partial charge in [-0.05, 0) is 24.3 Å². The molecule has 0 saturated heterocycles. The summed E-state index contributed by atoms with van der Waals surface area (Å²) < 4.78 is 18.2. The molecular weight excluding hydrogens is 221 g/mol. The van der Waals surface area contributed by atoms with E-state index >= 15 is 0 Å². The van der Waals surface area contributed by atoms with Gasteiger partial charge in [0, 0.05) is 17.8 Å². The lowest BCUT2D eigenvalue weighted by atomic mass is 10.2. The van der Waals surface area contributed by atoms with E-state index < -0.39 is 0 Å². The van der Waals surface area contributed by atoms with Crippen LogP contribution in [0.25, 0.3) is 0 Å². The molecule has 0 unspecified atom stereocenters. The fourth-order valence-electron chi connectivity index (χ4n) is 1.52. The molecule has 0 aliphatic carbocycles. The van der Waals surface area contributed by atoms with Crippen LogP contribution in [0.5, 0.6) is 11.5 Å². The lowest BCUT2D eigenvalue weighted by molar-refractivity contribution is 0.416. The van der Waals surface area contributed by atoms with Crippen LogP contribution < -0.4 is 10.1 Å². The van der Waals surface area contributed by atoms with E-state index in [9.17, 15) is 9.50 Å². The third-order valence-corrected chi connectivity index (χ3v) is 2.29. The Morgan fingerprint density at radius 1 is 1.18 bits per heavy atom. The van der Waals surface area contributed by atoms with Crippen molar-refractivity contribution >= 4 is 11.4 Å². The highest BCUT2D eigenvalue weighted by Gasteiger charge is 2.05. The Hall–Kier alpha value is -2.23. The largest absolute Gasteiger partial charge is 0.508 e. The van der Waals surface area contributed by atoms with Crippen molar-refractivity contribution in [3.8, 4) is 11.5 Å². The highest BCUT2D eigenvalue weighted by Crippen LogP contribution is 2.29. The van der Waals surface area contributed by atoms with Gasteiger partial charge in [0.15, 0.2) is 0 Å². The Morgan fingerprint density at radius 2 is 2.00 bits per heavy atom. The second kappa shape index (κ2) is 4.74. The molecule has 2 rings (SSSR count). The first kappa shape index (κ1) is 11.3. The fourth-order valence-corrected chi connectivity index (χ4v) is 1.52.